The Morgan fingerprint density at radius 1 is 1.05 bits per heavy atom. The first kappa shape index (κ1) is 15.0. The lowest BCUT2D eigenvalue weighted by atomic mass is 10.0. The van der Waals surface area contributed by atoms with Gasteiger partial charge in [-0.25, -0.2) is 13.1 Å². The van der Waals surface area contributed by atoms with Gasteiger partial charge in [0.15, 0.2) is 0 Å². The molecule has 0 radical (unpaired) electrons. The number of aryl methyl sites for hydroxylation is 3. The lowest BCUT2D eigenvalue weighted by Gasteiger charge is -2.29. The van der Waals surface area contributed by atoms with Gasteiger partial charge in [0.1, 0.15) is 0 Å². The molecule has 2 aliphatic rings. The first-order valence-electron chi connectivity index (χ1n) is 7.71. The fourth-order valence-corrected chi connectivity index (χ4v) is 5.74. The molecule has 2 bridgehead atoms. The Hall–Kier alpha value is -0.910. The molecule has 0 amide bonds. The van der Waals surface area contributed by atoms with Crippen LogP contribution in [0, 0.1) is 20.8 Å². The molecule has 0 saturated carbocycles. The van der Waals surface area contributed by atoms with Crippen molar-refractivity contribution in [2.45, 2.75) is 69.5 Å². The van der Waals surface area contributed by atoms with Crippen molar-refractivity contribution in [3.05, 3.63) is 28.8 Å². The zero-order valence-corrected chi connectivity index (χ0v) is 13.8. The van der Waals surface area contributed by atoms with E-state index in [1.54, 1.807) is 0 Å². The van der Waals surface area contributed by atoms with Crippen molar-refractivity contribution in [1.82, 2.24) is 10.0 Å². The maximum atomic E-state index is 12.8. The third-order valence-corrected chi connectivity index (χ3v) is 6.49. The molecule has 1 aromatic carbocycles. The standard InChI is InChI=1S/C16H24N2O2S/c1-10-6-11(2)16(12(3)7-10)21(19,20)18-15-8-13-4-5-14(9-15)17-13/h6-7,13-15,17-18H,4-5,8-9H2,1-3H3. The van der Waals surface area contributed by atoms with Crippen molar-refractivity contribution in [2.24, 2.45) is 0 Å². The Balaban J connectivity index is 1.84. The molecule has 2 aliphatic heterocycles. The average molecular weight is 308 g/mol. The van der Waals surface area contributed by atoms with Crippen LogP contribution in [-0.4, -0.2) is 26.5 Å². The predicted molar refractivity (Wildman–Crippen MR) is 83.9 cm³/mol. The van der Waals surface area contributed by atoms with Gasteiger partial charge >= 0.3 is 0 Å². The minimum absolute atomic E-state index is 0.0638. The first-order valence-corrected chi connectivity index (χ1v) is 9.19. The summed E-state index contributed by atoms with van der Waals surface area (Å²) in [5.74, 6) is 0. The molecule has 116 valence electrons. The number of hydrogen-bond donors (Lipinski definition) is 2. The highest BCUT2D eigenvalue weighted by molar-refractivity contribution is 7.89. The van der Waals surface area contributed by atoms with E-state index in [0.29, 0.717) is 17.0 Å². The van der Waals surface area contributed by atoms with E-state index in [1.165, 1.54) is 12.8 Å². The molecule has 2 fully saturated rings. The minimum Gasteiger partial charge on any atom is -0.311 e. The van der Waals surface area contributed by atoms with Crippen molar-refractivity contribution in [1.29, 1.82) is 0 Å². The van der Waals surface area contributed by atoms with Crippen LogP contribution in [0.3, 0.4) is 0 Å². The van der Waals surface area contributed by atoms with E-state index in [9.17, 15) is 8.42 Å². The summed E-state index contributed by atoms with van der Waals surface area (Å²) < 4.78 is 28.5. The molecular formula is C16H24N2O2S. The number of fused-ring (bicyclic) bond motifs is 2. The van der Waals surface area contributed by atoms with Crippen LogP contribution in [0.1, 0.15) is 42.4 Å². The molecule has 4 nitrogen and oxygen atoms in total. The highest BCUT2D eigenvalue weighted by atomic mass is 32.2. The Morgan fingerprint density at radius 2 is 1.57 bits per heavy atom. The lowest BCUT2D eigenvalue weighted by molar-refractivity contribution is 0.345. The van der Waals surface area contributed by atoms with Crippen LogP contribution in [0.4, 0.5) is 0 Å². The first-order chi connectivity index (χ1) is 9.85. The molecule has 2 N–H and O–H groups in total. The van der Waals surface area contributed by atoms with Gasteiger partial charge in [0.05, 0.1) is 4.90 Å². The number of nitrogens with one attached hydrogen (secondary N) is 2. The molecule has 3 rings (SSSR count). The highest BCUT2D eigenvalue weighted by Crippen LogP contribution is 2.29. The summed E-state index contributed by atoms with van der Waals surface area (Å²) in [6, 6.07) is 4.91. The van der Waals surface area contributed by atoms with Gasteiger partial charge in [0.2, 0.25) is 10.0 Å². The van der Waals surface area contributed by atoms with Crippen molar-refractivity contribution in [3.8, 4) is 0 Å². The van der Waals surface area contributed by atoms with Crippen molar-refractivity contribution >= 4 is 10.0 Å². The largest absolute Gasteiger partial charge is 0.311 e. The number of rotatable bonds is 3. The summed E-state index contributed by atoms with van der Waals surface area (Å²) in [5, 5.41) is 3.54. The van der Waals surface area contributed by atoms with Gasteiger partial charge < -0.3 is 5.32 Å². The van der Waals surface area contributed by atoms with Crippen molar-refractivity contribution < 1.29 is 8.42 Å². The third kappa shape index (κ3) is 3.00. The van der Waals surface area contributed by atoms with Gasteiger partial charge in [-0.05, 0) is 57.6 Å². The normalized spacial score (nSPS) is 28.8. The maximum Gasteiger partial charge on any atom is 0.241 e. The molecule has 5 heteroatoms. The second-order valence-corrected chi connectivity index (χ2v) is 8.31. The van der Waals surface area contributed by atoms with Gasteiger partial charge in [-0.15, -0.1) is 0 Å². The van der Waals surface area contributed by atoms with Gasteiger partial charge in [-0.3, -0.25) is 0 Å². The van der Waals surface area contributed by atoms with E-state index in [2.05, 4.69) is 10.0 Å². The van der Waals surface area contributed by atoms with Gasteiger partial charge in [0.25, 0.3) is 0 Å². The summed E-state index contributed by atoms with van der Waals surface area (Å²) in [5.41, 5.74) is 2.76. The Labute approximate surface area is 127 Å². The molecule has 21 heavy (non-hydrogen) atoms. The number of sulfonamides is 1. The van der Waals surface area contributed by atoms with Crippen LogP contribution in [0.2, 0.25) is 0 Å². The summed E-state index contributed by atoms with van der Waals surface area (Å²) in [6.07, 6.45) is 4.15. The van der Waals surface area contributed by atoms with Gasteiger partial charge in [-0.2, -0.15) is 0 Å². The zero-order chi connectivity index (χ0) is 15.2. The van der Waals surface area contributed by atoms with Crippen LogP contribution in [0.25, 0.3) is 0 Å². The average Bonchev–Trinajstić information content (AvgIpc) is 2.66. The molecule has 2 heterocycles. The summed E-state index contributed by atoms with van der Waals surface area (Å²) in [7, 11) is -3.43. The molecule has 2 saturated heterocycles. The van der Waals surface area contributed by atoms with E-state index in [1.807, 2.05) is 32.9 Å². The highest BCUT2D eigenvalue weighted by Gasteiger charge is 2.35. The third-order valence-electron chi connectivity index (χ3n) is 4.67. The number of hydrogen-bond acceptors (Lipinski definition) is 3. The van der Waals surface area contributed by atoms with Gasteiger partial charge in [-0.1, -0.05) is 17.7 Å². The van der Waals surface area contributed by atoms with Crippen molar-refractivity contribution in [2.75, 3.05) is 0 Å². The lowest BCUT2D eigenvalue weighted by Crippen LogP contribution is -2.48. The Bertz CT molecular complexity index is 619. The van der Waals surface area contributed by atoms with Crippen molar-refractivity contribution in [3.63, 3.8) is 0 Å². The second-order valence-electron chi connectivity index (χ2n) is 6.66. The van der Waals surface area contributed by atoms with E-state index < -0.39 is 10.0 Å². The minimum atomic E-state index is -3.43. The zero-order valence-electron chi connectivity index (χ0n) is 12.9. The quantitative estimate of drug-likeness (QED) is 0.900. The topological polar surface area (TPSA) is 58.2 Å². The molecule has 0 aliphatic carbocycles. The van der Waals surface area contributed by atoms with E-state index in [4.69, 9.17) is 0 Å². The molecule has 0 spiro atoms. The number of benzene rings is 1. The van der Waals surface area contributed by atoms with Crippen LogP contribution in [0.15, 0.2) is 17.0 Å². The van der Waals surface area contributed by atoms with Crippen LogP contribution in [0.5, 0.6) is 0 Å². The molecule has 1 aromatic rings. The van der Waals surface area contributed by atoms with E-state index >= 15 is 0 Å². The summed E-state index contributed by atoms with van der Waals surface area (Å²) in [6.45, 7) is 5.75. The monoisotopic (exact) mass is 308 g/mol. The van der Waals surface area contributed by atoms with Crippen LogP contribution in [-0.2, 0) is 10.0 Å². The van der Waals surface area contributed by atoms with Crippen LogP contribution < -0.4 is 10.0 Å². The van der Waals surface area contributed by atoms with E-state index in [0.717, 1.165) is 29.5 Å². The smallest absolute Gasteiger partial charge is 0.241 e. The molecule has 2 atom stereocenters. The molecule has 2 unspecified atom stereocenters. The summed E-state index contributed by atoms with van der Waals surface area (Å²) >= 11 is 0. The predicted octanol–water partition coefficient (Wildman–Crippen LogP) is 2.17. The second kappa shape index (κ2) is 5.38. The fourth-order valence-electron chi connectivity index (χ4n) is 4.02. The van der Waals surface area contributed by atoms with Gasteiger partial charge in [0, 0.05) is 18.1 Å². The van der Waals surface area contributed by atoms with Crippen LogP contribution >= 0.6 is 0 Å². The fraction of sp³-hybridized carbons (Fsp3) is 0.625. The van der Waals surface area contributed by atoms with E-state index in [-0.39, 0.29) is 6.04 Å². The molecule has 0 aromatic heterocycles. The Morgan fingerprint density at radius 3 is 2.10 bits per heavy atom. The summed E-state index contributed by atoms with van der Waals surface area (Å²) in [4.78, 5) is 0.457. The maximum absolute atomic E-state index is 12.8. The SMILES string of the molecule is Cc1cc(C)c(S(=O)(=O)NC2CC3CCC(C2)N3)c(C)c1. The number of piperidine rings is 1. The Kier molecular flexibility index (Phi) is 3.84. The molecular weight excluding hydrogens is 284 g/mol.